The van der Waals surface area contributed by atoms with Gasteiger partial charge >= 0.3 is 0 Å². The molecule has 3 rings (SSSR count). The van der Waals surface area contributed by atoms with E-state index < -0.39 is 0 Å². The number of hydrogen-bond acceptors (Lipinski definition) is 3. The van der Waals surface area contributed by atoms with Crippen LogP contribution in [0.25, 0.3) is 0 Å². The molecule has 0 spiro atoms. The molecule has 1 amide bonds. The summed E-state index contributed by atoms with van der Waals surface area (Å²) in [5.74, 6) is 0.929. The molecular weight excluding hydrogens is 324 g/mol. The number of rotatable bonds is 8. The molecule has 4 heteroatoms. The van der Waals surface area contributed by atoms with Gasteiger partial charge in [0.2, 0.25) is 5.91 Å². The molecule has 0 saturated carbocycles. The van der Waals surface area contributed by atoms with Crippen LogP contribution in [0.2, 0.25) is 0 Å². The Hall–Kier alpha value is -2.33. The molecule has 1 heterocycles. The van der Waals surface area contributed by atoms with Crippen molar-refractivity contribution in [3.63, 3.8) is 0 Å². The average molecular weight is 352 g/mol. The van der Waals surface area contributed by atoms with Gasteiger partial charge in [-0.2, -0.15) is 0 Å². The molecule has 0 bridgehead atoms. The summed E-state index contributed by atoms with van der Waals surface area (Å²) >= 11 is 0. The molecule has 0 aromatic heterocycles. The van der Waals surface area contributed by atoms with Gasteiger partial charge in [0.15, 0.2) is 0 Å². The molecule has 138 valence electrons. The van der Waals surface area contributed by atoms with Crippen molar-refractivity contribution in [2.24, 2.45) is 0 Å². The summed E-state index contributed by atoms with van der Waals surface area (Å²) in [7, 11) is 0. The van der Waals surface area contributed by atoms with E-state index in [2.05, 4.69) is 34.5 Å². The van der Waals surface area contributed by atoms with Crippen LogP contribution in [0, 0.1) is 0 Å². The van der Waals surface area contributed by atoms with Crippen LogP contribution in [-0.4, -0.2) is 37.0 Å². The molecule has 1 aliphatic rings. The Morgan fingerprint density at radius 1 is 1.12 bits per heavy atom. The van der Waals surface area contributed by atoms with Crippen molar-refractivity contribution in [3.8, 4) is 5.75 Å². The highest BCUT2D eigenvalue weighted by molar-refractivity contribution is 5.78. The third kappa shape index (κ3) is 5.33. The van der Waals surface area contributed by atoms with Crippen molar-refractivity contribution < 1.29 is 9.53 Å². The number of carbonyl (C=O) groups excluding carboxylic acids is 1. The van der Waals surface area contributed by atoms with Crippen LogP contribution < -0.4 is 10.1 Å². The van der Waals surface area contributed by atoms with Crippen molar-refractivity contribution in [2.75, 3.05) is 26.2 Å². The van der Waals surface area contributed by atoms with Crippen LogP contribution in [0.4, 0.5) is 0 Å². The topological polar surface area (TPSA) is 41.6 Å². The number of fused-ring (bicyclic) bond motifs is 1. The monoisotopic (exact) mass is 352 g/mol. The third-order valence-corrected chi connectivity index (χ3v) is 4.78. The first-order valence-electron chi connectivity index (χ1n) is 9.52. The number of nitrogens with zero attached hydrogens (tertiary/aromatic N) is 1. The number of amides is 1. The summed E-state index contributed by atoms with van der Waals surface area (Å²) in [6.45, 7) is 6.51. The molecule has 0 fully saturated rings. The van der Waals surface area contributed by atoms with E-state index >= 15 is 0 Å². The predicted octanol–water partition coefficient (Wildman–Crippen LogP) is 3.19. The van der Waals surface area contributed by atoms with Gasteiger partial charge in [0.05, 0.1) is 13.0 Å². The number of carbonyl (C=O) groups is 1. The molecule has 0 radical (unpaired) electrons. The van der Waals surface area contributed by atoms with Gasteiger partial charge in [-0.25, -0.2) is 0 Å². The first-order chi connectivity index (χ1) is 12.7. The summed E-state index contributed by atoms with van der Waals surface area (Å²) in [5.41, 5.74) is 3.93. The summed E-state index contributed by atoms with van der Waals surface area (Å²) in [5, 5.41) is 3.03. The summed E-state index contributed by atoms with van der Waals surface area (Å²) in [6.07, 6.45) is 2.53. The molecule has 2 aromatic rings. The molecule has 4 nitrogen and oxygen atoms in total. The van der Waals surface area contributed by atoms with Crippen molar-refractivity contribution in [1.29, 1.82) is 0 Å². The highest BCUT2D eigenvalue weighted by Gasteiger charge is 2.14. The fraction of sp³-hybridized carbons (Fsp3) is 0.409. The van der Waals surface area contributed by atoms with Gasteiger partial charge in [-0.15, -0.1) is 0 Å². The molecule has 0 saturated heterocycles. The second kappa shape index (κ2) is 9.39. The largest absolute Gasteiger partial charge is 0.494 e. The first-order valence-corrected chi connectivity index (χ1v) is 9.52. The summed E-state index contributed by atoms with van der Waals surface area (Å²) in [6, 6.07) is 16.4. The zero-order valence-corrected chi connectivity index (χ0v) is 15.5. The zero-order chi connectivity index (χ0) is 18.2. The first kappa shape index (κ1) is 18.5. The maximum atomic E-state index is 12.1. The van der Waals surface area contributed by atoms with Crippen LogP contribution in [0.1, 0.15) is 30.0 Å². The van der Waals surface area contributed by atoms with Crippen LogP contribution in [0.5, 0.6) is 5.75 Å². The van der Waals surface area contributed by atoms with Gasteiger partial charge in [0, 0.05) is 26.2 Å². The zero-order valence-electron chi connectivity index (χ0n) is 15.5. The SMILES string of the molecule is CCOc1ccc(CC(=O)NCCCN2CCc3ccccc3C2)cc1. The highest BCUT2D eigenvalue weighted by Crippen LogP contribution is 2.18. The van der Waals surface area contributed by atoms with Crippen LogP contribution >= 0.6 is 0 Å². The van der Waals surface area contributed by atoms with Gasteiger partial charge in [-0.1, -0.05) is 36.4 Å². The van der Waals surface area contributed by atoms with Gasteiger partial charge in [0.25, 0.3) is 0 Å². The van der Waals surface area contributed by atoms with Gasteiger partial charge in [-0.05, 0) is 48.6 Å². The lowest BCUT2D eigenvalue weighted by Gasteiger charge is -2.28. The minimum atomic E-state index is 0.0816. The normalized spacial score (nSPS) is 13.9. The standard InChI is InChI=1S/C22H28N2O2/c1-2-26-21-10-8-18(9-11-21)16-22(25)23-13-5-14-24-15-12-19-6-3-4-7-20(19)17-24/h3-4,6-11H,2,5,12-17H2,1H3,(H,23,25). The van der Waals surface area contributed by atoms with Crippen molar-refractivity contribution >= 4 is 5.91 Å². The Balaban J connectivity index is 1.34. The Morgan fingerprint density at radius 2 is 1.88 bits per heavy atom. The van der Waals surface area contributed by atoms with E-state index in [-0.39, 0.29) is 5.91 Å². The summed E-state index contributed by atoms with van der Waals surface area (Å²) < 4.78 is 5.42. The van der Waals surface area contributed by atoms with Crippen LogP contribution in [0.3, 0.4) is 0 Å². The van der Waals surface area contributed by atoms with Crippen molar-refractivity contribution in [3.05, 3.63) is 65.2 Å². The lowest BCUT2D eigenvalue weighted by Crippen LogP contribution is -2.34. The number of benzene rings is 2. The second-order valence-corrected chi connectivity index (χ2v) is 6.75. The average Bonchev–Trinajstić information content (AvgIpc) is 2.67. The molecule has 0 aliphatic carbocycles. The van der Waals surface area contributed by atoms with Gasteiger partial charge < -0.3 is 10.1 Å². The number of nitrogens with one attached hydrogen (secondary N) is 1. The molecule has 26 heavy (non-hydrogen) atoms. The lowest BCUT2D eigenvalue weighted by molar-refractivity contribution is -0.120. The van der Waals surface area contributed by atoms with Crippen molar-refractivity contribution in [1.82, 2.24) is 10.2 Å². The van der Waals surface area contributed by atoms with Crippen LogP contribution in [0.15, 0.2) is 48.5 Å². The maximum Gasteiger partial charge on any atom is 0.224 e. The quantitative estimate of drug-likeness (QED) is 0.742. The predicted molar refractivity (Wildman–Crippen MR) is 104 cm³/mol. The van der Waals surface area contributed by atoms with Gasteiger partial charge in [0.1, 0.15) is 5.75 Å². The minimum absolute atomic E-state index is 0.0816. The molecule has 0 atom stereocenters. The molecular formula is C22H28N2O2. The van der Waals surface area contributed by atoms with E-state index in [0.717, 1.165) is 50.3 Å². The van der Waals surface area contributed by atoms with E-state index in [1.165, 1.54) is 11.1 Å². The molecule has 1 N–H and O–H groups in total. The minimum Gasteiger partial charge on any atom is -0.494 e. The van der Waals surface area contributed by atoms with E-state index in [1.807, 2.05) is 31.2 Å². The molecule has 0 unspecified atom stereocenters. The highest BCUT2D eigenvalue weighted by atomic mass is 16.5. The van der Waals surface area contributed by atoms with E-state index in [4.69, 9.17) is 4.74 Å². The fourth-order valence-corrected chi connectivity index (χ4v) is 3.39. The Morgan fingerprint density at radius 3 is 2.65 bits per heavy atom. The Bertz CT molecular complexity index is 712. The van der Waals surface area contributed by atoms with E-state index in [1.54, 1.807) is 0 Å². The second-order valence-electron chi connectivity index (χ2n) is 6.75. The van der Waals surface area contributed by atoms with Crippen LogP contribution in [-0.2, 0) is 24.2 Å². The van der Waals surface area contributed by atoms with Gasteiger partial charge in [-0.3, -0.25) is 9.69 Å². The Kier molecular flexibility index (Phi) is 6.67. The van der Waals surface area contributed by atoms with E-state index in [0.29, 0.717) is 13.0 Å². The molecule has 1 aliphatic heterocycles. The molecule has 2 aromatic carbocycles. The Labute approximate surface area is 156 Å². The maximum absolute atomic E-state index is 12.1. The number of hydrogen-bond donors (Lipinski definition) is 1. The smallest absolute Gasteiger partial charge is 0.224 e. The third-order valence-electron chi connectivity index (χ3n) is 4.78. The van der Waals surface area contributed by atoms with E-state index in [9.17, 15) is 4.79 Å². The summed E-state index contributed by atoms with van der Waals surface area (Å²) in [4.78, 5) is 14.6. The lowest BCUT2D eigenvalue weighted by atomic mass is 10.00. The number of ether oxygens (including phenoxy) is 1. The van der Waals surface area contributed by atoms with Crippen molar-refractivity contribution in [2.45, 2.75) is 32.7 Å². The fourth-order valence-electron chi connectivity index (χ4n) is 3.39.